The molecule has 24 heavy (non-hydrogen) atoms. The summed E-state index contributed by atoms with van der Waals surface area (Å²) in [5.41, 5.74) is -0.408. The Morgan fingerprint density at radius 2 is 1.71 bits per heavy atom. The number of nitrogens with zero attached hydrogens (tertiary/aromatic N) is 2. The van der Waals surface area contributed by atoms with Gasteiger partial charge in [-0.25, -0.2) is 4.90 Å². The van der Waals surface area contributed by atoms with Crippen molar-refractivity contribution < 1.29 is 19.2 Å². The van der Waals surface area contributed by atoms with Crippen LogP contribution in [0.25, 0.3) is 0 Å². The van der Waals surface area contributed by atoms with E-state index in [0.29, 0.717) is 11.3 Å². The molecule has 3 fully saturated rings. The van der Waals surface area contributed by atoms with E-state index in [1.165, 1.54) is 23.1 Å². The van der Waals surface area contributed by atoms with Crippen LogP contribution in [-0.4, -0.2) is 27.9 Å². The molecule has 0 spiro atoms. The summed E-state index contributed by atoms with van der Waals surface area (Å²) in [5.74, 6) is -1.47. The molecule has 3 aliphatic rings. The maximum Gasteiger partial charge on any atom is 0.272 e. The van der Waals surface area contributed by atoms with Gasteiger partial charge in [0.2, 0.25) is 11.8 Å². The third-order valence-electron chi connectivity index (χ3n) is 5.84. The lowest BCUT2D eigenvalue weighted by Crippen LogP contribution is -2.40. The van der Waals surface area contributed by atoms with E-state index in [1.54, 1.807) is 6.92 Å². The normalized spacial score (nSPS) is 37.2. The number of carbonyl (C=O) groups is 2. The van der Waals surface area contributed by atoms with E-state index in [9.17, 15) is 19.7 Å². The molecule has 3 heterocycles. The predicted molar refractivity (Wildman–Crippen MR) is 84.4 cm³/mol. The molecule has 7 heteroatoms. The number of nitro benzene ring substituents is 1. The number of rotatable bonds is 2. The van der Waals surface area contributed by atoms with Crippen molar-refractivity contribution in [3.05, 3.63) is 33.9 Å². The molecule has 3 saturated heterocycles. The molecule has 7 nitrogen and oxygen atoms in total. The van der Waals surface area contributed by atoms with Gasteiger partial charge in [-0.3, -0.25) is 19.7 Å². The van der Waals surface area contributed by atoms with Gasteiger partial charge in [-0.05, 0) is 45.7 Å². The van der Waals surface area contributed by atoms with Crippen molar-refractivity contribution in [3.8, 4) is 0 Å². The second kappa shape index (κ2) is 4.42. The fourth-order valence-corrected chi connectivity index (χ4v) is 4.71. The highest BCUT2D eigenvalue weighted by Crippen LogP contribution is 2.60. The number of benzene rings is 1. The zero-order valence-electron chi connectivity index (χ0n) is 13.7. The van der Waals surface area contributed by atoms with E-state index in [0.717, 1.165) is 12.8 Å². The number of imide groups is 1. The highest BCUT2D eigenvalue weighted by Gasteiger charge is 2.72. The van der Waals surface area contributed by atoms with E-state index in [4.69, 9.17) is 4.74 Å². The molecule has 4 atom stereocenters. The SMILES string of the molecule is Cc1cc(N2C(=O)C3C(C2=O)C2(C)CCC3(C)O2)ccc1[N+](=O)[O-]. The Hall–Kier alpha value is -2.28. The summed E-state index contributed by atoms with van der Waals surface area (Å²) in [6.45, 7) is 5.40. The third kappa shape index (κ3) is 1.70. The summed E-state index contributed by atoms with van der Waals surface area (Å²) >= 11 is 0. The number of aryl methyl sites for hydroxylation is 1. The Balaban J connectivity index is 1.77. The molecule has 0 radical (unpaired) electrons. The molecule has 0 aromatic heterocycles. The summed E-state index contributed by atoms with van der Waals surface area (Å²) in [6, 6.07) is 4.34. The standard InChI is InChI=1S/C17H18N2O5/c1-9-8-10(4-5-11(9)19(22)23)18-14(20)12-13(15(18)21)17(3)7-6-16(12,2)24-17/h4-5,8,12-13H,6-7H2,1-3H3. The topological polar surface area (TPSA) is 89.8 Å². The lowest BCUT2D eigenvalue weighted by Gasteiger charge is -2.27. The van der Waals surface area contributed by atoms with Crippen LogP contribution in [0.4, 0.5) is 11.4 Å². The van der Waals surface area contributed by atoms with Gasteiger partial charge in [0.25, 0.3) is 5.69 Å². The van der Waals surface area contributed by atoms with Crippen LogP contribution in [0.2, 0.25) is 0 Å². The largest absolute Gasteiger partial charge is 0.367 e. The maximum atomic E-state index is 13.0. The summed E-state index contributed by atoms with van der Waals surface area (Å²) in [5, 5.41) is 11.0. The number of hydrogen-bond donors (Lipinski definition) is 0. The first kappa shape index (κ1) is 15.3. The molecule has 2 amide bonds. The predicted octanol–water partition coefficient (Wildman–Crippen LogP) is 2.35. The van der Waals surface area contributed by atoms with Gasteiger partial charge in [-0.2, -0.15) is 0 Å². The molecule has 1 aromatic carbocycles. The Morgan fingerprint density at radius 3 is 2.17 bits per heavy atom. The summed E-state index contributed by atoms with van der Waals surface area (Å²) < 4.78 is 6.06. The van der Waals surface area contributed by atoms with Crippen molar-refractivity contribution >= 4 is 23.2 Å². The van der Waals surface area contributed by atoms with E-state index >= 15 is 0 Å². The highest BCUT2D eigenvalue weighted by atomic mass is 16.6. The monoisotopic (exact) mass is 330 g/mol. The summed E-state index contributed by atoms with van der Waals surface area (Å²) in [6.07, 6.45) is 1.52. The first-order valence-corrected chi connectivity index (χ1v) is 8.01. The minimum Gasteiger partial charge on any atom is -0.367 e. The first-order valence-electron chi connectivity index (χ1n) is 8.01. The van der Waals surface area contributed by atoms with Gasteiger partial charge in [-0.1, -0.05) is 0 Å². The van der Waals surface area contributed by atoms with Gasteiger partial charge in [0.1, 0.15) is 0 Å². The van der Waals surface area contributed by atoms with Gasteiger partial charge in [0, 0.05) is 11.6 Å². The fraction of sp³-hybridized carbons (Fsp3) is 0.529. The van der Waals surface area contributed by atoms with E-state index in [2.05, 4.69) is 0 Å². The lowest BCUT2D eigenvalue weighted by atomic mass is 9.69. The molecule has 4 unspecified atom stereocenters. The molecule has 1 aromatic rings. The van der Waals surface area contributed by atoms with Crippen LogP contribution < -0.4 is 4.90 Å². The van der Waals surface area contributed by atoms with Gasteiger partial charge >= 0.3 is 0 Å². The highest BCUT2D eigenvalue weighted by molar-refractivity contribution is 6.23. The minimum atomic E-state index is -0.600. The Kier molecular flexibility index (Phi) is 2.81. The van der Waals surface area contributed by atoms with Gasteiger partial charge in [0.15, 0.2) is 0 Å². The van der Waals surface area contributed by atoms with Crippen molar-refractivity contribution in [1.29, 1.82) is 0 Å². The van der Waals surface area contributed by atoms with Gasteiger partial charge in [0.05, 0.1) is 33.6 Å². The quantitative estimate of drug-likeness (QED) is 0.472. The number of nitro groups is 1. The smallest absolute Gasteiger partial charge is 0.272 e. The van der Waals surface area contributed by atoms with E-state index < -0.39 is 28.0 Å². The van der Waals surface area contributed by atoms with Gasteiger partial charge in [-0.15, -0.1) is 0 Å². The molecule has 126 valence electrons. The fourth-order valence-electron chi connectivity index (χ4n) is 4.71. The summed E-state index contributed by atoms with van der Waals surface area (Å²) in [4.78, 5) is 37.6. The molecular weight excluding hydrogens is 312 g/mol. The number of hydrogen-bond acceptors (Lipinski definition) is 5. The molecule has 3 aliphatic heterocycles. The van der Waals surface area contributed by atoms with Crippen LogP contribution in [0, 0.1) is 28.9 Å². The van der Waals surface area contributed by atoms with Gasteiger partial charge < -0.3 is 4.74 Å². The number of amides is 2. The molecule has 0 aliphatic carbocycles. The number of ether oxygens (including phenoxy) is 1. The summed E-state index contributed by atoms with van der Waals surface area (Å²) in [7, 11) is 0. The zero-order valence-corrected chi connectivity index (χ0v) is 13.7. The molecule has 0 saturated carbocycles. The zero-order chi connectivity index (χ0) is 17.4. The first-order chi connectivity index (χ1) is 11.2. The molecular formula is C17H18N2O5. The second-order valence-electron chi connectivity index (χ2n) is 7.42. The van der Waals surface area contributed by atoms with E-state index in [1.807, 2.05) is 13.8 Å². The average Bonchev–Trinajstić information content (AvgIpc) is 3.03. The van der Waals surface area contributed by atoms with Crippen LogP contribution in [-0.2, 0) is 14.3 Å². The Bertz CT molecular complexity index is 772. The van der Waals surface area contributed by atoms with Crippen LogP contribution >= 0.6 is 0 Å². The maximum absolute atomic E-state index is 13.0. The second-order valence-corrected chi connectivity index (χ2v) is 7.42. The van der Waals surface area contributed by atoms with Crippen LogP contribution in [0.1, 0.15) is 32.3 Å². The minimum absolute atomic E-state index is 0.0274. The van der Waals surface area contributed by atoms with Crippen LogP contribution in [0.15, 0.2) is 18.2 Å². The number of carbonyl (C=O) groups excluding carboxylic acids is 2. The number of fused-ring (bicyclic) bond motifs is 5. The van der Waals surface area contributed by atoms with Crippen molar-refractivity contribution in [3.63, 3.8) is 0 Å². The van der Waals surface area contributed by atoms with E-state index in [-0.39, 0.29) is 17.5 Å². The van der Waals surface area contributed by atoms with Crippen molar-refractivity contribution in [2.24, 2.45) is 11.8 Å². The Morgan fingerprint density at radius 1 is 1.17 bits per heavy atom. The molecule has 4 rings (SSSR count). The Labute approximate surface area is 138 Å². The van der Waals surface area contributed by atoms with Crippen molar-refractivity contribution in [1.82, 2.24) is 0 Å². The molecule has 2 bridgehead atoms. The lowest BCUT2D eigenvalue weighted by molar-refractivity contribution is -0.385. The molecule has 0 N–H and O–H groups in total. The van der Waals surface area contributed by atoms with Crippen molar-refractivity contribution in [2.75, 3.05) is 4.90 Å². The van der Waals surface area contributed by atoms with Crippen LogP contribution in [0.5, 0.6) is 0 Å². The van der Waals surface area contributed by atoms with Crippen molar-refractivity contribution in [2.45, 2.75) is 44.8 Å². The average molecular weight is 330 g/mol. The third-order valence-corrected chi connectivity index (χ3v) is 5.84. The van der Waals surface area contributed by atoms with Crippen LogP contribution in [0.3, 0.4) is 0 Å². The number of anilines is 1.